The van der Waals surface area contributed by atoms with E-state index in [4.69, 9.17) is 4.74 Å². The summed E-state index contributed by atoms with van der Waals surface area (Å²) in [6.07, 6.45) is 2.74. The van der Waals surface area contributed by atoms with Crippen molar-refractivity contribution >= 4 is 0 Å². The molecule has 0 saturated carbocycles. The Morgan fingerprint density at radius 1 is 1.38 bits per heavy atom. The Morgan fingerprint density at radius 2 is 2.08 bits per heavy atom. The Bertz CT molecular complexity index is 264. The third-order valence-electron chi connectivity index (χ3n) is 2.13. The average Bonchev–Trinajstić information content (AvgIpc) is 2.09. The van der Waals surface area contributed by atoms with E-state index in [1.54, 1.807) is 7.11 Å². The maximum atomic E-state index is 5.33. The lowest BCUT2D eigenvalue weighted by atomic mass is 10.0. The summed E-state index contributed by atoms with van der Waals surface area (Å²) in [6.45, 7) is 6.17. The van der Waals surface area contributed by atoms with Gasteiger partial charge in [-0.15, -0.1) is 0 Å². The Hall–Kier alpha value is -0.890. The summed E-state index contributed by atoms with van der Waals surface area (Å²) in [5.74, 6) is 0. The number of aromatic nitrogens is 1. The standard InChI is InChI=1S/C11H17NO/c1-9-5-6-10(12-8-9)7-11(2,3)13-4/h5-6,8H,7H2,1-4H3. The summed E-state index contributed by atoms with van der Waals surface area (Å²) < 4.78 is 5.33. The van der Waals surface area contributed by atoms with Gasteiger partial charge < -0.3 is 4.74 Å². The van der Waals surface area contributed by atoms with E-state index in [1.165, 1.54) is 5.56 Å². The Morgan fingerprint density at radius 3 is 2.54 bits per heavy atom. The molecule has 0 radical (unpaired) electrons. The highest BCUT2D eigenvalue weighted by atomic mass is 16.5. The fourth-order valence-electron chi connectivity index (χ4n) is 1.11. The summed E-state index contributed by atoms with van der Waals surface area (Å²) in [7, 11) is 1.73. The van der Waals surface area contributed by atoms with E-state index in [0.29, 0.717) is 0 Å². The van der Waals surface area contributed by atoms with Crippen LogP contribution in [0.1, 0.15) is 25.1 Å². The molecule has 1 aromatic rings. The monoisotopic (exact) mass is 179 g/mol. The van der Waals surface area contributed by atoms with Crippen LogP contribution in [0, 0.1) is 6.92 Å². The molecule has 2 heteroatoms. The largest absolute Gasteiger partial charge is 0.378 e. The van der Waals surface area contributed by atoms with Crippen LogP contribution in [0.2, 0.25) is 0 Å². The second-order valence-corrected chi connectivity index (χ2v) is 3.97. The summed E-state index contributed by atoms with van der Waals surface area (Å²) in [4.78, 5) is 4.33. The number of hydrogen-bond donors (Lipinski definition) is 0. The molecule has 0 aliphatic rings. The van der Waals surface area contributed by atoms with Gasteiger partial charge in [0.1, 0.15) is 0 Å². The van der Waals surface area contributed by atoms with Gasteiger partial charge in [-0.2, -0.15) is 0 Å². The van der Waals surface area contributed by atoms with Crippen LogP contribution in [0.15, 0.2) is 18.3 Å². The minimum Gasteiger partial charge on any atom is -0.378 e. The van der Waals surface area contributed by atoms with Gasteiger partial charge in [-0.05, 0) is 32.4 Å². The van der Waals surface area contributed by atoms with Crippen molar-refractivity contribution in [3.63, 3.8) is 0 Å². The zero-order valence-corrected chi connectivity index (χ0v) is 8.79. The van der Waals surface area contributed by atoms with Crippen LogP contribution in [0.4, 0.5) is 0 Å². The summed E-state index contributed by atoms with van der Waals surface area (Å²) in [5, 5.41) is 0. The van der Waals surface area contributed by atoms with E-state index in [2.05, 4.69) is 31.0 Å². The predicted molar refractivity (Wildman–Crippen MR) is 53.8 cm³/mol. The second kappa shape index (κ2) is 3.88. The summed E-state index contributed by atoms with van der Waals surface area (Å²) in [6, 6.07) is 4.13. The number of pyridine rings is 1. The molecule has 0 atom stereocenters. The highest BCUT2D eigenvalue weighted by Crippen LogP contribution is 2.14. The molecular weight excluding hydrogens is 162 g/mol. The van der Waals surface area contributed by atoms with Gasteiger partial charge in [-0.1, -0.05) is 6.07 Å². The van der Waals surface area contributed by atoms with Gasteiger partial charge in [0, 0.05) is 25.4 Å². The molecule has 0 unspecified atom stereocenters. The molecule has 0 bridgehead atoms. The molecule has 1 rings (SSSR count). The first kappa shape index (κ1) is 10.2. The lowest BCUT2D eigenvalue weighted by Gasteiger charge is -2.22. The molecule has 72 valence electrons. The van der Waals surface area contributed by atoms with E-state index in [1.807, 2.05) is 13.1 Å². The van der Waals surface area contributed by atoms with Gasteiger partial charge >= 0.3 is 0 Å². The van der Waals surface area contributed by atoms with Crippen LogP contribution >= 0.6 is 0 Å². The highest BCUT2D eigenvalue weighted by molar-refractivity contribution is 5.13. The molecule has 0 aromatic carbocycles. The van der Waals surface area contributed by atoms with Gasteiger partial charge in [0.05, 0.1) is 5.60 Å². The Kier molecular flexibility index (Phi) is 3.04. The fourth-order valence-corrected chi connectivity index (χ4v) is 1.11. The second-order valence-electron chi connectivity index (χ2n) is 3.97. The molecule has 1 heterocycles. The molecule has 0 N–H and O–H groups in total. The van der Waals surface area contributed by atoms with Gasteiger partial charge in [-0.3, -0.25) is 4.98 Å². The number of aryl methyl sites for hydroxylation is 1. The Balaban J connectivity index is 2.69. The number of rotatable bonds is 3. The van der Waals surface area contributed by atoms with Crippen molar-refractivity contribution in [1.82, 2.24) is 4.98 Å². The van der Waals surface area contributed by atoms with Gasteiger partial charge in [0.2, 0.25) is 0 Å². The lowest BCUT2D eigenvalue weighted by molar-refractivity contribution is 0.0224. The van der Waals surface area contributed by atoms with Crippen molar-refractivity contribution in [2.45, 2.75) is 32.8 Å². The van der Waals surface area contributed by atoms with Crippen molar-refractivity contribution in [2.75, 3.05) is 7.11 Å². The van der Waals surface area contributed by atoms with Crippen molar-refractivity contribution in [3.8, 4) is 0 Å². The van der Waals surface area contributed by atoms with Crippen LogP contribution < -0.4 is 0 Å². The van der Waals surface area contributed by atoms with E-state index in [9.17, 15) is 0 Å². The maximum absolute atomic E-state index is 5.33. The SMILES string of the molecule is COC(C)(C)Cc1ccc(C)cn1. The zero-order chi connectivity index (χ0) is 9.90. The molecule has 0 aliphatic heterocycles. The highest BCUT2D eigenvalue weighted by Gasteiger charge is 2.17. The number of ether oxygens (including phenoxy) is 1. The molecule has 0 spiro atoms. The summed E-state index contributed by atoms with van der Waals surface area (Å²) in [5.41, 5.74) is 2.15. The van der Waals surface area contributed by atoms with Crippen LogP contribution in [0.3, 0.4) is 0 Å². The normalized spacial score (nSPS) is 11.7. The lowest BCUT2D eigenvalue weighted by Crippen LogP contribution is -2.25. The van der Waals surface area contributed by atoms with Crippen molar-refractivity contribution < 1.29 is 4.74 Å². The van der Waals surface area contributed by atoms with Crippen LogP contribution in [0.25, 0.3) is 0 Å². The molecule has 0 fully saturated rings. The van der Waals surface area contributed by atoms with Gasteiger partial charge in [-0.25, -0.2) is 0 Å². The predicted octanol–water partition coefficient (Wildman–Crippen LogP) is 2.36. The van der Waals surface area contributed by atoms with Crippen LogP contribution in [0.5, 0.6) is 0 Å². The fraction of sp³-hybridized carbons (Fsp3) is 0.545. The number of nitrogens with zero attached hydrogens (tertiary/aromatic N) is 1. The molecule has 2 nitrogen and oxygen atoms in total. The smallest absolute Gasteiger partial charge is 0.0677 e. The number of hydrogen-bond acceptors (Lipinski definition) is 2. The first-order valence-electron chi connectivity index (χ1n) is 4.50. The van der Waals surface area contributed by atoms with Crippen LogP contribution in [-0.2, 0) is 11.2 Å². The molecule has 1 aromatic heterocycles. The molecule has 0 saturated heterocycles. The third kappa shape index (κ3) is 3.15. The minimum absolute atomic E-state index is 0.123. The summed E-state index contributed by atoms with van der Waals surface area (Å²) >= 11 is 0. The van der Waals surface area contributed by atoms with E-state index >= 15 is 0 Å². The molecule has 13 heavy (non-hydrogen) atoms. The quantitative estimate of drug-likeness (QED) is 0.710. The van der Waals surface area contributed by atoms with Crippen molar-refractivity contribution in [2.24, 2.45) is 0 Å². The van der Waals surface area contributed by atoms with Crippen molar-refractivity contribution in [1.29, 1.82) is 0 Å². The molecule has 0 amide bonds. The first-order chi connectivity index (χ1) is 6.03. The molecule has 0 aliphatic carbocycles. The average molecular weight is 179 g/mol. The Labute approximate surface area is 80.0 Å². The van der Waals surface area contributed by atoms with E-state index < -0.39 is 0 Å². The van der Waals surface area contributed by atoms with E-state index in [-0.39, 0.29) is 5.60 Å². The number of methoxy groups -OCH3 is 1. The first-order valence-corrected chi connectivity index (χ1v) is 4.50. The molecular formula is C11H17NO. The van der Waals surface area contributed by atoms with Crippen LogP contribution in [-0.4, -0.2) is 17.7 Å². The minimum atomic E-state index is -0.123. The van der Waals surface area contributed by atoms with Crippen molar-refractivity contribution in [3.05, 3.63) is 29.6 Å². The zero-order valence-electron chi connectivity index (χ0n) is 8.79. The van der Waals surface area contributed by atoms with Gasteiger partial charge in [0.25, 0.3) is 0 Å². The third-order valence-corrected chi connectivity index (χ3v) is 2.13. The van der Waals surface area contributed by atoms with Gasteiger partial charge in [0.15, 0.2) is 0 Å². The van der Waals surface area contributed by atoms with E-state index in [0.717, 1.165) is 12.1 Å². The maximum Gasteiger partial charge on any atom is 0.0677 e. The topological polar surface area (TPSA) is 22.1 Å².